The number of hydrogen-bond donors (Lipinski definition) is 2. The molecule has 0 saturated carbocycles. The highest BCUT2D eigenvalue weighted by molar-refractivity contribution is 5.93. The van der Waals surface area contributed by atoms with Gasteiger partial charge in [-0.2, -0.15) is 0 Å². The van der Waals surface area contributed by atoms with Crippen molar-refractivity contribution in [3.63, 3.8) is 0 Å². The predicted molar refractivity (Wildman–Crippen MR) is 72.9 cm³/mol. The molecule has 96 valence electrons. The zero-order valence-corrected chi connectivity index (χ0v) is 10.7. The summed E-state index contributed by atoms with van der Waals surface area (Å²) in [5, 5.41) is 6.41. The van der Waals surface area contributed by atoms with E-state index in [1.165, 1.54) is 30.4 Å². The molecule has 1 amide bonds. The highest BCUT2D eigenvalue weighted by Gasteiger charge is 2.18. The standard InChI is InChI=1S/C15H20N2O/c18-15-6-4-13-10-12(3-5-14(13)17-15)11-2-1-8-16-9-7-11/h3,5,10-11,16H,1-2,4,6-9H2,(H,17,18). The largest absolute Gasteiger partial charge is 0.326 e. The molecule has 0 aromatic heterocycles. The molecule has 2 N–H and O–H groups in total. The lowest BCUT2D eigenvalue weighted by Gasteiger charge is -2.20. The van der Waals surface area contributed by atoms with E-state index in [-0.39, 0.29) is 5.91 Å². The Morgan fingerprint density at radius 3 is 3.00 bits per heavy atom. The Kier molecular flexibility index (Phi) is 3.33. The van der Waals surface area contributed by atoms with Crippen molar-refractivity contribution < 1.29 is 4.79 Å². The molecule has 2 aliphatic rings. The molecule has 3 nitrogen and oxygen atoms in total. The van der Waals surface area contributed by atoms with Crippen LogP contribution in [0.2, 0.25) is 0 Å². The predicted octanol–water partition coefficient (Wildman–Crippen LogP) is 2.43. The molecule has 3 rings (SSSR count). The van der Waals surface area contributed by atoms with Crippen molar-refractivity contribution in [2.45, 2.75) is 38.0 Å². The molecule has 3 heteroatoms. The summed E-state index contributed by atoms with van der Waals surface area (Å²) in [6.07, 6.45) is 5.28. The monoisotopic (exact) mass is 244 g/mol. The average molecular weight is 244 g/mol. The number of fused-ring (bicyclic) bond motifs is 1. The highest BCUT2D eigenvalue weighted by Crippen LogP contribution is 2.31. The summed E-state index contributed by atoms with van der Waals surface area (Å²) in [4.78, 5) is 11.3. The minimum Gasteiger partial charge on any atom is -0.326 e. The number of aryl methyl sites for hydroxylation is 1. The molecule has 1 fully saturated rings. The maximum absolute atomic E-state index is 11.3. The van der Waals surface area contributed by atoms with Gasteiger partial charge in [0.15, 0.2) is 0 Å². The Balaban J connectivity index is 1.82. The van der Waals surface area contributed by atoms with Crippen LogP contribution < -0.4 is 10.6 Å². The summed E-state index contributed by atoms with van der Waals surface area (Å²) < 4.78 is 0. The molecule has 1 atom stereocenters. The second-order valence-corrected chi connectivity index (χ2v) is 5.34. The van der Waals surface area contributed by atoms with Crippen LogP contribution >= 0.6 is 0 Å². The van der Waals surface area contributed by atoms with Crippen molar-refractivity contribution in [2.24, 2.45) is 0 Å². The first kappa shape index (κ1) is 11.7. The normalized spacial score (nSPS) is 24.0. The van der Waals surface area contributed by atoms with Gasteiger partial charge in [0, 0.05) is 12.1 Å². The molecule has 1 unspecified atom stereocenters. The van der Waals surface area contributed by atoms with Gasteiger partial charge in [-0.15, -0.1) is 0 Å². The smallest absolute Gasteiger partial charge is 0.224 e. The maximum atomic E-state index is 11.3. The number of carbonyl (C=O) groups is 1. The maximum Gasteiger partial charge on any atom is 0.224 e. The van der Waals surface area contributed by atoms with Crippen molar-refractivity contribution in [1.29, 1.82) is 0 Å². The van der Waals surface area contributed by atoms with E-state index >= 15 is 0 Å². The lowest BCUT2D eigenvalue weighted by atomic mass is 9.89. The van der Waals surface area contributed by atoms with Gasteiger partial charge in [0.2, 0.25) is 5.91 Å². The number of rotatable bonds is 1. The Morgan fingerprint density at radius 2 is 2.06 bits per heavy atom. The summed E-state index contributed by atoms with van der Waals surface area (Å²) in [6.45, 7) is 2.27. The van der Waals surface area contributed by atoms with E-state index in [1.807, 2.05) is 0 Å². The second kappa shape index (κ2) is 5.11. The first-order chi connectivity index (χ1) is 8.83. The fourth-order valence-corrected chi connectivity index (χ4v) is 3.01. The summed E-state index contributed by atoms with van der Waals surface area (Å²) in [5.74, 6) is 0.830. The molecule has 0 spiro atoms. The van der Waals surface area contributed by atoms with Gasteiger partial charge in [-0.1, -0.05) is 12.1 Å². The van der Waals surface area contributed by atoms with Gasteiger partial charge in [0.1, 0.15) is 0 Å². The van der Waals surface area contributed by atoms with Gasteiger partial charge < -0.3 is 10.6 Å². The zero-order valence-electron chi connectivity index (χ0n) is 10.7. The lowest BCUT2D eigenvalue weighted by molar-refractivity contribution is -0.116. The number of carbonyl (C=O) groups excluding carboxylic acids is 1. The number of benzene rings is 1. The minimum absolute atomic E-state index is 0.147. The summed E-state index contributed by atoms with van der Waals surface area (Å²) in [7, 11) is 0. The molecule has 1 aromatic rings. The molecule has 1 aromatic carbocycles. The van der Waals surface area contributed by atoms with E-state index in [9.17, 15) is 4.79 Å². The Labute approximate surface area is 108 Å². The third-order valence-electron chi connectivity index (χ3n) is 4.07. The van der Waals surface area contributed by atoms with Gasteiger partial charge in [0.05, 0.1) is 0 Å². The topological polar surface area (TPSA) is 41.1 Å². The molecule has 18 heavy (non-hydrogen) atoms. The van der Waals surface area contributed by atoms with Gasteiger partial charge in [-0.3, -0.25) is 4.79 Å². The van der Waals surface area contributed by atoms with Crippen molar-refractivity contribution in [3.05, 3.63) is 29.3 Å². The molecular weight excluding hydrogens is 224 g/mol. The van der Waals surface area contributed by atoms with Crippen molar-refractivity contribution in [3.8, 4) is 0 Å². The number of anilines is 1. The van der Waals surface area contributed by atoms with Crippen LogP contribution in [0.15, 0.2) is 18.2 Å². The van der Waals surface area contributed by atoms with Gasteiger partial charge in [-0.05, 0) is 61.9 Å². The summed E-state index contributed by atoms with van der Waals surface area (Å²) in [6, 6.07) is 6.59. The highest BCUT2D eigenvalue weighted by atomic mass is 16.1. The average Bonchev–Trinajstić information content (AvgIpc) is 2.67. The molecule has 0 bridgehead atoms. The van der Waals surface area contributed by atoms with Crippen LogP contribution in [0.4, 0.5) is 5.69 Å². The van der Waals surface area contributed by atoms with Crippen molar-refractivity contribution >= 4 is 11.6 Å². The Bertz CT molecular complexity index is 448. The molecular formula is C15H20N2O. The van der Waals surface area contributed by atoms with Crippen LogP contribution in [0.1, 0.15) is 42.7 Å². The van der Waals surface area contributed by atoms with Gasteiger partial charge in [-0.25, -0.2) is 0 Å². The third-order valence-corrected chi connectivity index (χ3v) is 4.07. The van der Waals surface area contributed by atoms with Crippen LogP contribution in [-0.2, 0) is 11.2 Å². The fraction of sp³-hybridized carbons (Fsp3) is 0.533. The van der Waals surface area contributed by atoms with E-state index in [4.69, 9.17) is 0 Å². The quantitative estimate of drug-likeness (QED) is 0.796. The zero-order chi connectivity index (χ0) is 12.4. The minimum atomic E-state index is 0.147. The number of amides is 1. The van der Waals surface area contributed by atoms with E-state index in [0.717, 1.165) is 25.2 Å². The molecule has 0 radical (unpaired) electrons. The summed E-state index contributed by atoms with van der Waals surface area (Å²) in [5.41, 5.74) is 3.78. The Morgan fingerprint density at radius 1 is 1.11 bits per heavy atom. The second-order valence-electron chi connectivity index (χ2n) is 5.34. The van der Waals surface area contributed by atoms with E-state index in [2.05, 4.69) is 28.8 Å². The van der Waals surface area contributed by atoms with E-state index in [0.29, 0.717) is 12.3 Å². The van der Waals surface area contributed by atoms with Crippen LogP contribution in [-0.4, -0.2) is 19.0 Å². The van der Waals surface area contributed by atoms with Gasteiger partial charge >= 0.3 is 0 Å². The third kappa shape index (κ3) is 2.41. The van der Waals surface area contributed by atoms with Crippen LogP contribution in [0.5, 0.6) is 0 Å². The first-order valence-corrected chi connectivity index (χ1v) is 6.96. The Hall–Kier alpha value is -1.35. The van der Waals surface area contributed by atoms with Crippen LogP contribution in [0, 0.1) is 0 Å². The first-order valence-electron chi connectivity index (χ1n) is 6.96. The number of hydrogen-bond acceptors (Lipinski definition) is 2. The van der Waals surface area contributed by atoms with E-state index < -0.39 is 0 Å². The fourth-order valence-electron chi connectivity index (χ4n) is 3.01. The van der Waals surface area contributed by atoms with Crippen LogP contribution in [0.25, 0.3) is 0 Å². The molecule has 0 aliphatic carbocycles. The van der Waals surface area contributed by atoms with Crippen molar-refractivity contribution in [2.75, 3.05) is 18.4 Å². The van der Waals surface area contributed by atoms with Crippen molar-refractivity contribution in [1.82, 2.24) is 5.32 Å². The number of nitrogens with one attached hydrogen (secondary N) is 2. The van der Waals surface area contributed by atoms with Crippen LogP contribution in [0.3, 0.4) is 0 Å². The lowest BCUT2D eigenvalue weighted by Crippen LogP contribution is -2.19. The van der Waals surface area contributed by atoms with E-state index in [1.54, 1.807) is 0 Å². The SMILES string of the molecule is O=C1CCc2cc(C3CCCNCC3)ccc2N1. The van der Waals surface area contributed by atoms with Gasteiger partial charge in [0.25, 0.3) is 0 Å². The molecule has 2 aliphatic heterocycles. The molecule has 2 heterocycles. The molecule has 1 saturated heterocycles. The summed E-state index contributed by atoms with van der Waals surface area (Å²) >= 11 is 0.